The fourth-order valence-corrected chi connectivity index (χ4v) is 4.11. The largest absolute Gasteiger partial charge is 0.355 e. The Morgan fingerprint density at radius 2 is 1.84 bits per heavy atom. The molecule has 1 heterocycles. The number of carbonyl (C=O) groups excluding carboxylic acids is 2. The topological polar surface area (TPSA) is 113 Å². The van der Waals surface area contributed by atoms with Crippen molar-refractivity contribution in [3.05, 3.63) is 53.9 Å². The number of nitrogens with zero attached hydrogens (tertiary/aromatic N) is 3. The van der Waals surface area contributed by atoms with E-state index < -0.39 is 10.0 Å². The van der Waals surface area contributed by atoms with Crippen LogP contribution in [-0.2, 0) is 28.3 Å². The number of benzene rings is 2. The number of para-hydroxylation sites is 1. The number of anilines is 1. The summed E-state index contributed by atoms with van der Waals surface area (Å²) in [5.41, 5.74) is 2.15. The van der Waals surface area contributed by atoms with Crippen molar-refractivity contribution in [1.29, 1.82) is 0 Å². The summed E-state index contributed by atoms with van der Waals surface area (Å²) < 4.78 is 27.7. The number of nitrogens with one attached hydrogen (secondary N) is 2. The number of fused-ring (bicyclic) bond motifs is 1. The van der Waals surface area contributed by atoms with Gasteiger partial charge in [-0.3, -0.25) is 9.59 Å². The van der Waals surface area contributed by atoms with Crippen LogP contribution in [0.4, 0.5) is 5.69 Å². The average Bonchev–Trinajstić information content (AvgIpc) is 3.07. The highest BCUT2D eigenvalue weighted by molar-refractivity contribution is 7.89. The third-order valence-corrected chi connectivity index (χ3v) is 6.78. The predicted octanol–water partition coefficient (Wildman–Crippen LogP) is 1.75. The molecule has 0 unspecified atom stereocenters. The van der Waals surface area contributed by atoms with Gasteiger partial charge in [0.15, 0.2) is 0 Å². The number of hydrogen-bond acceptors (Lipinski definition) is 5. The molecule has 3 aromatic rings. The molecule has 10 heteroatoms. The van der Waals surface area contributed by atoms with E-state index in [1.807, 2.05) is 11.6 Å². The summed E-state index contributed by atoms with van der Waals surface area (Å²) in [4.78, 5) is 29.1. The Hall–Kier alpha value is -3.24. The molecule has 3 rings (SSSR count). The second kappa shape index (κ2) is 8.86. The van der Waals surface area contributed by atoms with Crippen molar-refractivity contribution in [3.8, 4) is 0 Å². The third-order valence-electron chi connectivity index (χ3n) is 4.97. The highest BCUT2D eigenvalue weighted by Gasteiger charge is 2.19. The monoisotopic (exact) mass is 443 g/mol. The molecular formula is C21H25N5O4S. The molecule has 31 heavy (non-hydrogen) atoms. The van der Waals surface area contributed by atoms with Gasteiger partial charge in [0.2, 0.25) is 15.9 Å². The maximum Gasteiger partial charge on any atom is 0.253 e. The standard InChI is InChI=1S/C21H25N5O4S/c1-22-21(28)15-7-5-6-8-16(15)24-20(27)12-11-19-23-17-13-14(31(29,30)25(2)3)9-10-18(17)26(19)4/h5-10,13H,11-12H2,1-4H3,(H,22,28)(H,24,27). The lowest BCUT2D eigenvalue weighted by atomic mass is 10.1. The van der Waals surface area contributed by atoms with Crippen molar-refractivity contribution in [2.24, 2.45) is 7.05 Å². The summed E-state index contributed by atoms with van der Waals surface area (Å²) in [6.45, 7) is 0. The summed E-state index contributed by atoms with van der Waals surface area (Å²) in [7, 11) is 2.75. The predicted molar refractivity (Wildman–Crippen MR) is 118 cm³/mol. The first-order chi connectivity index (χ1) is 14.6. The lowest BCUT2D eigenvalue weighted by Crippen LogP contribution is -2.22. The maximum absolute atomic E-state index is 12.5. The summed E-state index contributed by atoms with van der Waals surface area (Å²) in [6, 6.07) is 11.6. The molecule has 0 aliphatic rings. The van der Waals surface area contributed by atoms with Crippen LogP contribution in [0, 0.1) is 0 Å². The summed E-state index contributed by atoms with van der Waals surface area (Å²) in [6.07, 6.45) is 0.511. The smallest absolute Gasteiger partial charge is 0.253 e. The zero-order chi connectivity index (χ0) is 22.8. The van der Waals surface area contributed by atoms with Crippen molar-refractivity contribution >= 4 is 38.6 Å². The van der Waals surface area contributed by atoms with Crippen LogP contribution in [0.3, 0.4) is 0 Å². The van der Waals surface area contributed by atoms with Gasteiger partial charge in [-0.05, 0) is 30.3 Å². The Morgan fingerprint density at radius 1 is 1.13 bits per heavy atom. The molecule has 9 nitrogen and oxygen atoms in total. The Kier molecular flexibility index (Phi) is 6.42. The van der Waals surface area contributed by atoms with Gasteiger partial charge in [-0.25, -0.2) is 17.7 Å². The van der Waals surface area contributed by atoms with Gasteiger partial charge in [0.05, 0.1) is 27.2 Å². The van der Waals surface area contributed by atoms with E-state index in [0.29, 0.717) is 29.0 Å². The minimum Gasteiger partial charge on any atom is -0.355 e. The zero-order valence-corrected chi connectivity index (χ0v) is 18.7. The Bertz CT molecular complexity index is 1250. The molecule has 0 aliphatic carbocycles. The van der Waals surface area contributed by atoms with E-state index >= 15 is 0 Å². The lowest BCUT2D eigenvalue weighted by Gasteiger charge is -2.11. The van der Waals surface area contributed by atoms with E-state index in [1.54, 1.807) is 36.4 Å². The fraction of sp³-hybridized carbons (Fsp3) is 0.286. The van der Waals surface area contributed by atoms with Crippen LogP contribution < -0.4 is 10.6 Å². The molecule has 0 saturated carbocycles. The first kappa shape index (κ1) is 22.4. The number of rotatable bonds is 7. The van der Waals surface area contributed by atoms with Crippen LogP contribution >= 0.6 is 0 Å². The number of aryl methyl sites for hydroxylation is 2. The molecule has 0 aliphatic heterocycles. The molecule has 2 N–H and O–H groups in total. The van der Waals surface area contributed by atoms with Crippen molar-refractivity contribution in [2.75, 3.05) is 26.5 Å². The van der Waals surface area contributed by atoms with Crippen molar-refractivity contribution in [1.82, 2.24) is 19.2 Å². The number of aromatic nitrogens is 2. The van der Waals surface area contributed by atoms with Gasteiger partial charge in [0.1, 0.15) is 5.82 Å². The van der Waals surface area contributed by atoms with Crippen LogP contribution in [-0.4, -0.2) is 55.2 Å². The molecule has 0 bridgehead atoms. The van der Waals surface area contributed by atoms with Gasteiger partial charge in [0, 0.05) is 41.0 Å². The molecule has 0 radical (unpaired) electrons. The molecule has 0 saturated heterocycles. The molecule has 0 spiro atoms. The molecule has 2 aromatic carbocycles. The SMILES string of the molecule is CNC(=O)c1ccccc1NC(=O)CCc1nc2cc(S(=O)(=O)N(C)C)ccc2n1C. The van der Waals surface area contributed by atoms with Gasteiger partial charge in [-0.1, -0.05) is 12.1 Å². The van der Waals surface area contributed by atoms with Crippen molar-refractivity contribution in [3.63, 3.8) is 0 Å². The first-order valence-electron chi connectivity index (χ1n) is 9.64. The van der Waals surface area contributed by atoms with E-state index in [0.717, 1.165) is 9.82 Å². The fourth-order valence-electron chi connectivity index (χ4n) is 3.19. The highest BCUT2D eigenvalue weighted by atomic mass is 32.2. The number of hydrogen-bond donors (Lipinski definition) is 2. The number of imidazole rings is 1. The third kappa shape index (κ3) is 4.59. The quantitative estimate of drug-likeness (QED) is 0.578. The number of carbonyl (C=O) groups is 2. The molecule has 164 valence electrons. The Balaban J connectivity index is 1.76. The Labute approximate surface area is 181 Å². The van der Waals surface area contributed by atoms with Gasteiger partial charge in [-0.2, -0.15) is 0 Å². The molecule has 2 amide bonds. The molecule has 1 aromatic heterocycles. The average molecular weight is 444 g/mol. The summed E-state index contributed by atoms with van der Waals surface area (Å²) in [5, 5.41) is 5.32. The van der Waals surface area contributed by atoms with E-state index in [2.05, 4.69) is 15.6 Å². The van der Waals surface area contributed by atoms with Gasteiger partial charge in [0.25, 0.3) is 5.91 Å². The van der Waals surface area contributed by atoms with Crippen molar-refractivity contribution in [2.45, 2.75) is 17.7 Å². The molecule has 0 atom stereocenters. The Morgan fingerprint density at radius 3 is 2.52 bits per heavy atom. The number of sulfonamides is 1. The van der Waals surface area contributed by atoms with Crippen LogP contribution in [0.2, 0.25) is 0 Å². The summed E-state index contributed by atoms with van der Waals surface area (Å²) in [5.74, 6) is 0.123. The van der Waals surface area contributed by atoms with Crippen LogP contribution in [0.15, 0.2) is 47.4 Å². The van der Waals surface area contributed by atoms with E-state index in [-0.39, 0.29) is 23.1 Å². The molecule has 0 fully saturated rings. The highest BCUT2D eigenvalue weighted by Crippen LogP contribution is 2.22. The van der Waals surface area contributed by atoms with E-state index in [4.69, 9.17) is 0 Å². The van der Waals surface area contributed by atoms with E-state index in [9.17, 15) is 18.0 Å². The second-order valence-corrected chi connectivity index (χ2v) is 9.35. The van der Waals surface area contributed by atoms with Crippen LogP contribution in [0.1, 0.15) is 22.6 Å². The minimum absolute atomic E-state index is 0.155. The minimum atomic E-state index is -3.56. The summed E-state index contributed by atoms with van der Waals surface area (Å²) >= 11 is 0. The number of amides is 2. The van der Waals surface area contributed by atoms with Crippen molar-refractivity contribution < 1.29 is 18.0 Å². The molecular weight excluding hydrogens is 418 g/mol. The zero-order valence-electron chi connectivity index (χ0n) is 17.8. The normalized spacial score (nSPS) is 11.6. The van der Waals surface area contributed by atoms with E-state index in [1.165, 1.54) is 27.2 Å². The maximum atomic E-state index is 12.5. The lowest BCUT2D eigenvalue weighted by molar-refractivity contribution is -0.116. The van der Waals surface area contributed by atoms with Gasteiger partial charge in [-0.15, -0.1) is 0 Å². The van der Waals surface area contributed by atoms with Crippen LogP contribution in [0.25, 0.3) is 11.0 Å². The first-order valence-corrected chi connectivity index (χ1v) is 11.1. The van der Waals surface area contributed by atoms with Crippen LogP contribution in [0.5, 0.6) is 0 Å². The van der Waals surface area contributed by atoms with Gasteiger partial charge >= 0.3 is 0 Å². The second-order valence-electron chi connectivity index (χ2n) is 7.20. The van der Waals surface area contributed by atoms with Gasteiger partial charge < -0.3 is 15.2 Å².